The number of rotatable bonds is 3. The predicted molar refractivity (Wildman–Crippen MR) is 97.3 cm³/mol. The second-order valence-corrected chi connectivity index (χ2v) is 6.25. The molecule has 2 aromatic heterocycles. The lowest BCUT2D eigenvalue weighted by Crippen LogP contribution is -2.06. The summed E-state index contributed by atoms with van der Waals surface area (Å²) >= 11 is 0. The van der Waals surface area contributed by atoms with Crippen LogP contribution in [-0.4, -0.2) is 20.1 Å². The van der Waals surface area contributed by atoms with Gasteiger partial charge in [-0.05, 0) is 48.7 Å². The van der Waals surface area contributed by atoms with Crippen molar-refractivity contribution in [2.24, 2.45) is 0 Å². The second kappa shape index (κ2) is 5.76. The van der Waals surface area contributed by atoms with Crippen molar-refractivity contribution < 1.29 is 5.11 Å². The summed E-state index contributed by atoms with van der Waals surface area (Å²) in [6.45, 7) is 4.15. The van der Waals surface area contributed by atoms with Gasteiger partial charge in [-0.3, -0.25) is 0 Å². The number of nitriles is 1. The molecule has 4 aromatic rings. The van der Waals surface area contributed by atoms with Crippen LogP contribution < -0.4 is 0 Å². The number of hydrogen-bond donors (Lipinski definition) is 3. The van der Waals surface area contributed by atoms with E-state index >= 15 is 0 Å². The molecule has 0 fully saturated rings. The molecule has 0 radical (unpaired) electrons. The quantitative estimate of drug-likeness (QED) is 0.533. The molecule has 1 atom stereocenters. The summed E-state index contributed by atoms with van der Waals surface area (Å²) in [4.78, 5) is 10.9. The van der Waals surface area contributed by atoms with Crippen molar-refractivity contribution in [1.82, 2.24) is 15.0 Å². The van der Waals surface area contributed by atoms with Crippen LogP contribution in [0.4, 0.5) is 0 Å². The van der Waals surface area contributed by atoms with Crippen molar-refractivity contribution in [1.29, 1.82) is 5.26 Å². The highest BCUT2D eigenvalue weighted by molar-refractivity contribution is 5.88. The maximum atomic E-state index is 11.1. The standard InChI is InChI=1S/C20H18N4O/c1-3-13-8-11(2)18-14(6-7-22-18)17(13)19(25)20-23-15-5-4-12(10-21)9-16(15)24-20/h4-9,19,22,25H,3H2,1-2H3,(H,23,24). The largest absolute Gasteiger partial charge is 0.380 e. The van der Waals surface area contributed by atoms with Crippen LogP contribution in [0.25, 0.3) is 21.9 Å². The fourth-order valence-corrected chi connectivity index (χ4v) is 3.48. The first-order chi connectivity index (χ1) is 12.1. The number of hydrogen-bond acceptors (Lipinski definition) is 3. The lowest BCUT2D eigenvalue weighted by atomic mass is 9.93. The topological polar surface area (TPSA) is 88.5 Å². The van der Waals surface area contributed by atoms with Gasteiger partial charge in [0.15, 0.2) is 0 Å². The molecule has 0 saturated carbocycles. The van der Waals surface area contributed by atoms with Gasteiger partial charge < -0.3 is 15.1 Å². The highest BCUT2D eigenvalue weighted by atomic mass is 16.3. The summed E-state index contributed by atoms with van der Waals surface area (Å²) < 4.78 is 0. The number of imidazole rings is 1. The molecule has 4 rings (SSSR count). The third-order valence-electron chi connectivity index (χ3n) is 4.71. The third kappa shape index (κ3) is 2.39. The number of fused-ring (bicyclic) bond motifs is 2. The maximum absolute atomic E-state index is 11.1. The maximum Gasteiger partial charge on any atom is 0.140 e. The number of aliphatic hydroxyl groups excluding tert-OH is 1. The minimum absolute atomic E-state index is 0.492. The van der Waals surface area contributed by atoms with Crippen LogP contribution >= 0.6 is 0 Å². The van der Waals surface area contributed by atoms with Gasteiger partial charge in [0.25, 0.3) is 0 Å². The molecule has 3 N–H and O–H groups in total. The molecule has 1 unspecified atom stereocenters. The van der Waals surface area contributed by atoms with Gasteiger partial charge in [0.05, 0.1) is 22.7 Å². The molecule has 0 bridgehead atoms. The van der Waals surface area contributed by atoms with E-state index in [-0.39, 0.29) is 0 Å². The first-order valence-electron chi connectivity index (χ1n) is 8.29. The molecule has 2 aromatic carbocycles. The van der Waals surface area contributed by atoms with Crippen molar-refractivity contribution >= 4 is 21.9 Å². The van der Waals surface area contributed by atoms with Crippen molar-refractivity contribution in [3.05, 3.63) is 64.6 Å². The first kappa shape index (κ1) is 15.4. The number of nitrogens with one attached hydrogen (secondary N) is 2. The molecule has 0 aliphatic rings. The molecule has 5 nitrogen and oxygen atoms in total. The van der Waals surface area contributed by atoms with Crippen LogP contribution in [0, 0.1) is 18.3 Å². The Kier molecular flexibility index (Phi) is 3.56. The second-order valence-electron chi connectivity index (χ2n) is 6.25. The van der Waals surface area contributed by atoms with Gasteiger partial charge in [0, 0.05) is 22.7 Å². The molecule has 25 heavy (non-hydrogen) atoms. The Morgan fingerprint density at radius 3 is 2.88 bits per heavy atom. The van der Waals surface area contributed by atoms with Gasteiger partial charge in [-0.15, -0.1) is 0 Å². The van der Waals surface area contributed by atoms with E-state index < -0.39 is 6.10 Å². The predicted octanol–water partition coefficient (Wildman–Crippen LogP) is 3.87. The lowest BCUT2D eigenvalue weighted by molar-refractivity contribution is 0.212. The number of benzene rings is 2. The molecule has 2 heterocycles. The Balaban J connectivity index is 1.90. The Hall–Kier alpha value is -3.10. The average molecular weight is 330 g/mol. The number of H-pyrrole nitrogens is 2. The van der Waals surface area contributed by atoms with Crippen LogP contribution in [0.3, 0.4) is 0 Å². The normalized spacial score (nSPS) is 12.6. The van der Waals surface area contributed by atoms with Gasteiger partial charge >= 0.3 is 0 Å². The van der Waals surface area contributed by atoms with Crippen LogP contribution in [0.1, 0.15) is 41.1 Å². The Bertz CT molecular complexity index is 1130. The molecular weight excluding hydrogens is 312 g/mol. The SMILES string of the molecule is CCc1cc(C)c2[nH]ccc2c1C(O)c1nc2ccc(C#N)cc2[nH]1. The Morgan fingerprint density at radius 2 is 2.12 bits per heavy atom. The fourth-order valence-electron chi connectivity index (χ4n) is 3.48. The fraction of sp³-hybridized carbons (Fsp3) is 0.200. The minimum Gasteiger partial charge on any atom is -0.380 e. The van der Waals surface area contributed by atoms with Crippen LogP contribution in [0.5, 0.6) is 0 Å². The third-order valence-corrected chi connectivity index (χ3v) is 4.71. The van der Waals surface area contributed by atoms with E-state index in [1.807, 2.05) is 12.3 Å². The van der Waals surface area contributed by atoms with Crippen molar-refractivity contribution in [3.63, 3.8) is 0 Å². The zero-order valence-electron chi connectivity index (χ0n) is 14.1. The number of aromatic nitrogens is 3. The van der Waals surface area contributed by atoms with E-state index in [4.69, 9.17) is 5.26 Å². The van der Waals surface area contributed by atoms with E-state index in [0.717, 1.165) is 45.0 Å². The number of aromatic amines is 2. The van der Waals surface area contributed by atoms with E-state index in [0.29, 0.717) is 11.4 Å². The van der Waals surface area contributed by atoms with Crippen LogP contribution in [0.15, 0.2) is 36.5 Å². The van der Waals surface area contributed by atoms with Crippen LogP contribution in [-0.2, 0) is 6.42 Å². The first-order valence-corrected chi connectivity index (χ1v) is 8.29. The van der Waals surface area contributed by atoms with Gasteiger partial charge in [-0.1, -0.05) is 13.0 Å². The molecule has 5 heteroatoms. The number of aryl methyl sites for hydroxylation is 2. The summed E-state index contributed by atoms with van der Waals surface area (Å²) in [5, 5.41) is 21.1. The zero-order chi connectivity index (χ0) is 17.6. The molecule has 0 amide bonds. The summed E-state index contributed by atoms with van der Waals surface area (Å²) in [7, 11) is 0. The Labute approximate surface area is 145 Å². The highest BCUT2D eigenvalue weighted by Gasteiger charge is 2.22. The van der Waals surface area contributed by atoms with Crippen molar-refractivity contribution in [3.8, 4) is 6.07 Å². The average Bonchev–Trinajstić information content (AvgIpc) is 3.27. The smallest absolute Gasteiger partial charge is 0.140 e. The monoisotopic (exact) mass is 330 g/mol. The molecule has 0 aliphatic carbocycles. The number of nitrogens with zero attached hydrogens (tertiary/aromatic N) is 2. The summed E-state index contributed by atoms with van der Waals surface area (Å²) in [5.74, 6) is 0.492. The lowest BCUT2D eigenvalue weighted by Gasteiger charge is -2.16. The van der Waals surface area contributed by atoms with Gasteiger partial charge in [0.1, 0.15) is 11.9 Å². The Morgan fingerprint density at radius 1 is 1.28 bits per heavy atom. The van der Waals surface area contributed by atoms with E-state index in [1.165, 1.54) is 0 Å². The van der Waals surface area contributed by atoms with E-state index in [2.05, 4.69) is 40.9 Å². The molecule has 124 valence electrons. The zero-order valence-corrected chi connectivity index (χ0v) is 14.1. The van der Waals surface area contributed by atoms with Gasteiger partial charge in [0.2, 0.25) is 0 Å². The minimum atomic E-state index is -0.855. The van der Waals surface area contributed by atoms with Crippen LogP contribution in [0.2, 0.25) is 0 Å². The molecule has 0 spiro atoms. The summed E-state index contributed by atoms with van der Waals surface area (Å²) in [5.41, 5.74) is 6.24. The molecule has 0 aliphatic heterocycles. The van der Waals surface area contributed by atoms with Crippen molar-refractivity contribution in [2.75, 3.05) is 0 Å². The summed E-state index contributed by atoms with van der Waals surface area (Å²) in [6, 6.07) is 11.5. The van der Waals surface area contributed by atoms with E-state index in [9.17, 15) is 5.11 Å². The van der Waals surface area contributed by atoms with Gasteiger partial charge in [-0.25, -0.2) is 4.98 Å². The highest BCUT2D eigenvalue weighted by Crippen LogP contribution is 2.33. The van der Waals surface area contributed by atoms with Crippen molar-refractivity contribution in [2.45, 2.75) is 26.4 Å². The number of aliphatic hydroxyl groups is 1. The van der Waals surface area contributed by atoms with E-state index in [1.54, 1.807) is 18.2 Å². The molecule has 0 saturated heterocycles. The molecular formula is C20H18N4O. The summed E-state index contributed by atoms with van der Waals surface area (Å²) in [6.07, 6.45) is 1.87. The van der Waals surface area contributed by atoms with Gasteiger partial charge in [-0.2, -0.15) is 5.26 Å².